The molecule has 1 heterocycles. The molecule has 0 bridgehead atoms. The summed E-state index contributed by atoms with van der Waals surface area (Å²) in [5, 5.41) is 12.2. The van der Waals surface area contributed by atoms with Gasteiger partial charge in [0.2, 0.25) is 5.91 Å². The van der Waals surface area contributed by atoms with Gasteiger partial charge in [0, 0.05) is 48.5 Å². The third-order valence-corrected chi connectivity index (χ3v) is 6.92. The van der Waals surface area contributed by atoms with E-state index in [9.17, 15) is 14.4 Å². The highest BCUT2D eigenvalue weighted by molar-refractivity contribution is 7.13. The monoisotopic (exact) mass is 520 g/mol. The van der Waals surface area contributed by atoms with E-state index in [1.807, 2.05) is 48.7 Å². The maximum atomic E-state index is 12.6. The van der Waals surface area contributed by atoms with Crippen LogP contribution in [0.15, 0.2) is 66.0 Å². The van der Waals surface area contributed by atoms with Crippen LogP contribution in [0.4, 0.5) is 0 Å². The number of ketones is 1. The fourth-order valence-electron chi connectivity index (χ4n) is 3.90. The number of hydrogen-bond acceptors (Lipinski definition) is 6. The minimum absolute atomic E-state index is 0.0816. The standard InChI is InChI=1S/C29H36N4O3S/c1-2-26(34)17-11-5-10-16-24(32-27(35)20-31-28(36)22-12-6-3-7-13-22)18-30-19-25-21-37-29(33-25)23-14-8-4-9-15-23/h3-4,6-9,12-15,21,24,30H,2,5,10-11,16-20H2,1H3,(H,31,36)(H,32,35). The van der Waals surface area contributed by atoms with Gasteiger partial charge in [-0.05, 0) is 25.0 Å². The van der Waals surface area contributed by atoms with Gasteiger partial charge in [-0.15, -0.1) is 11.3 Å². The maximum Gasteiger partial charge on any atom is 0.251 e. The first-order valence-electron chi connectivity index (χ1n) is 12.9. The number of unbranched alkanes of at least 4 members (excludes halogenated alkanes) is 2. The Morgan fingerprint density at radius 2 is 1.68 bits per heavy atom. The second-order valence-electron chi connectivity index (χ2n) is 8.95. The molecule has 2 amide bonds. The number of Topliss-reactive ketones (excluding diaryl/α,β-unsaturated/α-hetero) is 1. The molecule has 8 heteroatoms. The largest absolute Gasteiger partial charge is 0.351 e. The smallest absolute Gasteiger partial charge is 0.251 e. The summed E-state index contributed by atoms with van der Waals surface area (Å²) in [6.07, 6.45) is 4.71. The SMILES string of the molecule is CCC(=O)CCCCCC(CNCc1csc(-c2ccccc2)n1)NC(=O)CNC(=O)c1ccccc1. The Bertz CT molecular complexity index is 1120. The van der Waals surface area contributed by atoms with Gasteiger partial charge in [0.05, 0.1) is 12.2 Å². The number of rotatable bonds is 16. The van der Waals surface area contributed by atoms with Crippen LogP contribution >= 0.6 is 11.3 Å². The Balaban J connectivity index is 1.47. The van der Waals surface area contributed by atoms with E-state index in [-0.39, 0.29) is 24.4 Å². The van der Waals surface area contributed by atoms with Crippen LogP contribution < -0.4 is 16.0 Å². The molecule has 1 atom stereocenters. The average molecular weight is 521 g/mol. The lowest BCUT2D eigenvalue weighted by Gasteiger charge is -2.19. The highest BCUT2D eigenvalue weighted by Gasteiger charge is 2.14. The normalized spacial score (nSPS) is 11.6. The lowest BCUT2D eigenvalue weighted by molar-refractivity contribution is -0.121. The van der Waals surface area contributed by atoms with Gasteiger partial charge in [0.25, 0.3) is 5.91 Å². The average Bonchev–Trinajstić information content (AvgIpc) is 3.41. The molecule has 0 aliphatic heterocycles. The van der Waals surface area contributed by atoms with Gasteiger partial charge in [-0.3, -0.25) is 14.4 Å². The number of nitrogens with one attached hydrogen (secondary N) is 3. The first-order chi connectivity index (χ1) is 18.0. The van der Waals surface area contributed by atoms with Gasteiger partial charge in [0.1, 0.15) is 10.8 Å². The molecule has 0 radical (unpaired) electrons. The summed E-state index contributed by atoms with van der Waals surface area (Å²) >= 11 is 1.61. The summed E-state index contributed by atoms with van der Waals surface area (Å²) in [6.45, 7) is 3.00. The molecule has 1 unspecified atom stereocenters. The van der Waals surface area contributed by atoms with Crippen molar-refractivity contribution in [2.45, 2.75) is 58.0 Å². The van der Waals surface area contributed by atoms with Crippen LogP contribution in [-0.2, 0) is 16.1 Å². The van der Waals surface area contributed by atoms with Crippen LogP contribution in [0.1, 0.15) is 61.5 Å². The van der Waals surface area contributed by atoms with Gasteiger partial charge in [-0.1, -0.05) is 68.3 Å². The van der Waals surface area contributed by atoms with E-state index in [0.29, 0.717) is 37.3 Å². The van der Waals surface area contributed by atoms with E-state index >= 15 is 0 Å². The highest BCUT2D eigenvalue weighted by atomic mass is 32.1. The van der Waals surface area contributed by atoms with Crippen molar-refractivity contribution in [1.29, 1.82) is 0 Å². The molecule has 196 valence electrons. The molecular weight excluding hydrogens is 484 g/mol. The van der Waals surface area contributed by atoms with Crippen LogP contribution in [0, 0.1) is 0 Å². The lowest BCUT2D eigenvalue weighted by Crippen LogP contribution is -2.46. The van der Waals surface area contributed by atoms with Gasteiger partial charge in [-0.25, -0.2) is 4.98 Å². The molecule has 0 spiro atoms. The maximum absolute atomic E-state index is 12.6. The third kappa shape index (κ3) is 10.3. The Labute approximate surface area is 223 Å². The number of hydrogen-bond donors (Lipinski definition) is 3. The minimum Gasteiger partial charge on any atom is -0.351 e. The summed E-state index contributed by atoms with van der Waals surface area (Å²) in [6, 6.07) is 18.8. The number of carbonyl (C=O) groups excluding carboxylic acids is 3. The van der Waals surface area contributed by atoms with Crippen molar-refractivity contribution in [3.05, 3.63) is 77.3 Å². The molecule has 1 aromatic heterocycles. The van der Waals surface area contributed by atoms with Crippen molar-refractivity contribution >= 4 is 28.9 Å². The quantitative estimate of drug-likeness (QED) is 0.237. The summed E-state index contributed by atoms with van der Waals surface area (Å²) in [4.78, 5) is 41.1. The number of carbonyl (C=O) groups is 3. The third-order valence-electron chi connectivity index (χ3n) is 5.98. The van der Waals surface area contributed by atoms with Gasteiger partial charge < -0.3 is 16.0 Å². The van der Waals surface area contributed by atoms with Crippen LogP contribution in [-0.4, -0.2) is 41.7 Å². The Morgan fingerprint density at radius 1 is 0.946 bits per heavy atom. The first-order valence-corrected chi connectivity index (χ1v) is 13.8. The molecule has 3 aromatic rings. The second kappa shape index (κ2) is 15.7. The first kappa shape index (κ1) is 28.2. The Morgan fingerprint density at radius 3 is 2.41 bits per heavy atom. The van der Waals surface area contributed by atoms with Crippen LogP contribution in [0.2, 0.25) is 0 Å². The van der Waals surface area contributed by atoms with Gasteiger partial charge in [0.15, 0.2) is 0 Å². The van der Waals surface area contributed by atoms with E-state index in [4.69, 9.17) is 4.98 Å². The predicted molar refractivity (Wildman–Crippen MR) is 148 cm³/mol. The van der Waals surface area contributed by atoms with Crippen molar-refractivity contribution in [2.24, 2.45) is 0 Å². The minimum atomic E-state index is -0.274. The molecular formula is C29H36N4O3S. The second-order valence-corrected chi connectivity index (χ2v) is 9.80. The topological polar surface area (TPSA) is 100 Å². The number of nitrogens with zero attached hydrogens (tertiary/aromatic N) is 1. The fraction of sp³-hybridized carbons (Fsp3) is 0.379. The molecule has 0 aliphatic rings. The van der Waals surface area contributed by atoms with Crippen molar-refractivity contribution in [3.8, 4) is 10.6 Å². The number of amides is 2. The van der Waals surface area contributed by atoms with Crippen molar-refractivity contribution in [3.63, 3.8) is 0 Å². The molecule has 37 heavy (non-hydrogen) atoms. The molecule has 3 rings (SSSR count). The van der Waals surface area contributed by atoms with Gasteiger partial charge >= 0.3 is 0 Å². The van der Waals surface area contributed by atoms with Crippen LogP contribution in [0.5, 0.6) is 0 Å². The molecule has 2 aromatic carbocycles. The summed E-state index contributed by atoms with van der Waals surface area (Å²) in [7, 11) is 0. The van der Waals surface area contributed by atoms with E-state index in [0.717, 1.165) is 41.9 Å². The summed E-state index contributed by atoms with van der Waals surface area (Å²) in [5.41, 5.74) is 2.58. The Hall–Kier alpha value is -3.36. The van der Waals surface area contributed by atoms with Crippen molar-refractivity contribution in [2.75, 3.05) is 13.1 Å². The van der Waals surface area contributed by atoms with Gasteiger partial charge in [-0.2, -0.15) is 0 Å². The highest BCUT2D eigenvalue weighted by Crippen LogP contribution is 2.23. The summed E-state index contributed by atoms with van der Waals surface area (Å²) < 4.78 is 0. The number of benzene rings is 2. The molecule has 7 nitrogen and oxygen atoms in total. The van der Waals surface area contributed by atoms with E-state index in [1.54, 1.807) is 35.6 Å². The zero-order valence-corrected chi connectivity index (χ0v) is 22.2. The van der Waals surface area contributed by atoms with E-state index in [2.05, 4.69) is 16.0 Å². The molecule has 0 aliphatic carbocycles. The Kier molecular flexibility index (Phi) is 12.0. The zero-order valence-electron chi connectivity index (χ0n) is 21.4. The summed E-state index contributed by atoms with van der Waals surface area (Å²) in [5.74, 6) is -0.208. The number of aromatic nitrogens is 1. The van der Waals surface area contributed by atoms with E-state index < -0.39 is 0 Å². The molecule has 3 N–H and O–H groups in total. The molecule has 0 fully saturated rings. The molecule has 0 saturated carbocycles. The van der Waals surface area contributed by atoms with Crippen LogP contribution in [0.3, 0.4) is 0 Å². The zero-order chi connectivity index (χ0) is 26.3. The fourth-order valence-corrected chi connectivity index (χ4v) is 4.72. The number of thiazole rings is 1. The lowest BCUT2D eigenvalue weighted by atomic mass is 10.0. The van der Waals surface area contributed by atoms with E-state index in [1.165, 1.54) is 0 Å². The van der Waals surface area contributed by atoms with Crippen molar-refractivity contribution in [1.82, 2.24) is 20.9 Å². The van der Waals surface area contributed by atoms with Crippen LogP contribution in [0.25, 0.3) is 10.6 Å². The molecule has 0 saturated heterocycles. The predicted octanol–water partition coefficient (Wildman–Crippen LogP) is 4.74. The van der Waals surface area contributed by atoms with Crippen molar-refractivity contribution < 1.29 is 14.4 Å².